The van der Waals surface area contributed by atoms with Crippen molar-refractivity contribution >= 4 is 17.1 Å². The summed E-state index contributed by atoms with van der Waals surface area (Å²) < 4.78 is 5.53. The van der Waals surface area contributed by atoms with Gasteiger partial charge < -0.3 is 9.84 Å². The van der Waals surface area contributed by atoms with Crippen LogP contribution in [0, 0.1) is 5.92 Å². The quantitative estimate of drug-likeness (QED) is 0.858. The lowest BCUT2D eigenvalue weighted by molar-refractivity contribution is 0.0934. The Morgan fingerprint density at radius 3 is 2.83 bits per heavy atom. The normalized spacial score (nSPS) is 10.6. The number of thiazole rings is 1. The molecule has 0 aliphatic carbocycles. The molecular weight excluding hydrogens is 250 g/mol. The highest BCUT2D eigenvalue weighted by Crippen LogP contribution is 2.33. The van der Waals surface area contributed by atoms with Gasteiger partial charge in [0, 0.05) is 17.5 Å². The van der Waals surface area contributed by atoms with Crippen LogP contribution in [0.2, 0.25) is 0 Å². The Bertz CT molecular complexity index is 549. The maximum Gasteiger partial charge on any atom is 0.278 e. The van der Waals surface area contributed by atoms with Crippen molar-refractivity contribution in [3.63, 3.8) is 0 Å². The SMILES string of the molecule is CC(C)C(=O)c1c(O)cccc1Oc1nccs1. The van der Waals surface area contributed by atoms with Crippen molar-refractivity contribution in [3.05, 3.63) is 35.3 Å². The van der Waals surface area contributed by atoms with Gasteiger partial charge in [0.1, 0.15) is 17.1 Å². The molecule has 0 spiro atoms. The summed E-state index contributed by atoms with van der Waals surface area (Å²) in [7, 11) is 0. The third-order valence-electron chi connectivity index (χ3n) is 2.38. The van der Waals surface area contributed by atoms with Gasteiger partial charge in [-0.1, -0.05) is 31.3 Å². The topological polar surface area (TPSA) is 59.4 Å². The zero-order chi connectivity index (χ0) is 13.1. The van der Waals surface area contributed by atoms with Gasteiger partial charge >= 0.3 is 0 Å². The van der Waals surface area contributed by atoms with Crippen LogP contribution in [0.25, 0.3) is 0 Å². The van der Waals surface area contributed by atoms with Crippen molar-refractivity contribution in [1.82, 2.24) is 4.98 Å². The van der Waals surface area contributed by atoms with E-state index in [4.69, 9.17) is 4.74 Å². The summed E-state index contributed by atoms with van der Waals surface area (Å²) >= 11 is 1.33. The molecule has 1 heterocycles. The number of ether oxygens (including phenoxy) is 1. The average Bonchev–Trinajstić information content (AvgIpc) is 2.81. The van der Waals surface area contributed by atoms with Crippen LogP contribution in [-0.4, -0.2) is 15.9 Å². The average molecular weight is 263 g/mol. The number of nitrogens with zero attached hydrogens (tertiary/aromatic N) is 1. The fraction of sp³-hybridized carbons (Fsp3) is 0.231. The first-order chi connectivity index (χ1) is 8.59. The zero-order valence-corrected chi connectivity index (χ0v) is 10.9. The molecule has 94 valence electrons. The predicted molar refractivity (Wildman–Crippen MR) is 69.5 cm³/mol. The third kappa shape index (κ3) is 2.51. The largest absolute Gasteiger partial charge is 0.507 e. The maximum absolute atomic E-state index is 12.1. The molecule has 0 radical (unpaired) electrons. The van der Waals surface area contributed by atoms with Gasteiger partial charge in [-0.25, -0.2) is 4.98 Å². The minimum absolute atomic E-state index is 0.0669. The number of phenols is 1. The summed E-state index contributed by atoms with van der Waals surface area (Å²) in [5.74, 6) is -0.0944. The standard InChI is InChI=1S/C13H13NO3S/c1-8(2)12(16)11-9(15)4-3-5-10(11)17-13-14-6-7-18-13/h3-8,15H,1-2H3. The zero-order valence-electron chi connectivity index (χ0n) is 10.1. The van der Waals surface area contributed by atoms with Crippen LogP contribution in [0.1, 0.15) is 24.2 Å². The van der Waals surface area contributed by atoms with E-state index >= 15 is 0 Å². The first-order valence-electron chi connectivity index (χ1n) is 5.53. The van der Waals surface area contributed by atoms with Crippen LogP contribution in [0.15, 0.2) is 29.8 Å². The molecule has 1 aromatic heterocycles. The molecule has 0 aliphatic rings. The molecule has 0 amide bonds. The van der Waals surface area contributed by atoms with E-state index in [1.165, 1.54) is 17.4 Å². The Balaban J connectivity index is 2.41. The lowest BCUT2D eigenvalue weighted by Crippen LogP contribution is -2.09. The first-order valence-corrected chi connectivity index (χ1v) is 6.41. The van der Waals surface area contributed by atoms with Crippen LogP contribution in [-0.2, 0) is 0 Å². The van der Waals surface area contributed by atoms with Crippen molar-refractivity contribution in [2.75, 3.05) is 0 Å². The van der Waals surface area contributed by atoms with E-state index in [1.807, 2.05) is 0 Å². The van der Waals surface area contributed by atoms with Crippen LogP contribution in [0.3, 0.4) is 0 Å². The van der Waals surface area contributed by atoms with Crippen LogP contribution in [0.4, 0.5) is 0 Å². The van der Waals surface area contributed by atoms with Gasteiger partial charge in [-0.3, -0.25) is 4.79 Å². The number of hydrogen-bond donors (Lipinski definition) is 1. The molecule has 0 unspecified atom stereocenters. The van der Waals surface area contributed by atoms with Crippen molar-refractivity contribution in [2.45, 2.75) is 13.8 Å². The Labute approximate surface area is 109 Å². The summed E-state index contributed by atoms with van der Waals surface area (Å²) in [4.78, 5) is 16.0. The molecule has 5 heteroatoms. The van der Waals surface area contributed by atoms with Crippen molar-refractivity contribution in [2.24, 2.45) is 5.92 Å². The third-order valence-corrected chi connectivity index (χ3v) is 3.03. The molecule has 0 atom stereocenters. The highest BCUT2D eigenvalue weighted by molar-refractivity contribution is 7.11. The Morgan fingerprint density at radius 2 is 2.22 bits per heavy atom. The van der Waals surface area contributed by atoms with E-state index < -0.39 is 0 Å². The molecule has 18 heavy (non-hydrogen) atoms. The number of carbonyl (C=O) groups is 1. The number of aromatic hydroxyl groups is 1. The van der Waals surface area contributed by atoms with E-state index in [0.29, 0.717) is 10.9 Å². The second kappa shape index (κ2) is 5.18. The first kappa shape index (κ1) is 12.6. The van der Waals surface area contributed by atoms with Crippen molar-refractivity contribution < 1.29 is 14.6 Å². The maximum atomic E-state index is 12.1. The summed E-state index contributed by atoms with van der Waals surface area (Å²) in [6.45, 7) is 3.56. The Morgan fingerprint density at radius 1 is 1.44 bits per heavy atom. The van der Waals surface area contributed by atoms with Crippen LogP contribution >= 0.6 is 11.3 Å². The number of carbonyl (C=O) groups excluding carboxylic acids is 1. The van der Waals surface area contributed by atoms with Crippen LogP contribution < -0.4 is 4.74 Å². The number of hydrogen-bond acceptors (Lipinski definition) is 5. The number of Topliss-reactive ketones (excluding diaryl/α,β-unsaturated/α-hetero) is 1. The Kier molecular flexibility index (Phi) is 3.62. The van der Waals surface area contributed by atoms with Gasteiger partial charge in [0.15, 0.2) is 5.78 Å². The second-order valence-corrected chi connectivity index (χ2v) is 4.93. The van der Waals surface area contributed by atoms with Gasteiger partial charge in [0.25, 0.3) is 5.19 Å². The molecule has 0 saturated carbocycles. The lowest BCUT2D eigenvalue weighted by atomic mass is 9.99. The predicted octanol–water partition coefficient (Wildman–Crippen LogP) is 3.48. The summed E-state index contributed by atoms with van der Waals surface area (Å²) in [5.41, 5.74) is 0.211. The number of phenolic OH excluding ortho intramolecular Hbond substituents is 1. The van der Waals surface area contributed by atoms with Gasteiger partial charge in [-0.15, -0.1) is 0 Å². The minimum atomic E-state index is -0.211. The molecule has 0 aliphatic heterocycles. The summed E-state index contributed by atoms with van der Waals surface area (Å²) in [6, 6.07) is 4.76. The van der Waals surface area contributed by atoms with Crippen LogP contribution in [0.5, 0.6) is 16.7 Å². The summed E-state index contributed by atoms with van der Waals surface area (Å²) in [6.07, 6.45) is 1.62. The van der Waals surface area contributed by atoms with E-state index in [-0.39, 0.29) is 23.0 Å². The van der Waals surface area contributed by atoms with E-state index in [9.17, 15) is 9.90 Å². The molecule has 2 rings (SSSR count). The molecule has 1 aromatic carbocycles. The smallest absolute Gasteiger partial charge is 0.278 e. The molecule has 0 fully saturated rings. The van der Waals surface area contributed by atoms with Gasteiger partial charge in [0.05, 0.1) is 0 Å². The van der Waals surface area contributed by atoms with Crippen molar-refractivity contribution in [3.8, 4) is 16.7 Å². The van der Waals surface area contributed by atoms with Crippen molar-refractivity contribution in [1.29, 1.82) is 0 Å². The minimum Gasteiger partial charge on any atom is -0.507 e. The second-order valence-electron chi connectivity index (χ2n) is 4.07. The molecule has 0 saturated heterocycles. The van der Waals surface area contributed by atoms with Gasteiger partial charge in [-0.2, -0.15) is 0 Å². The fourth-order valence-corrected chi connectivity index (χ4v) is 1.99. The number of ketones is 1. The number of rotatable bonds is 4. The van der Waals surface area contributed by atoms with E-state index in [2.05, 4.69) is 4.98 Å². The number of benzene rings is 1. The van der Waals surface area contributed by atoms with E-state index in [0.717, 1.165) is 0 Å². The van der Waals surface area contributed by atoms with Gasteiger partial charge in [-0.05, 0) is 12.1 Å². The highest BCUT2D eigenvalue weighted by atomic mass is 32.1. The lowest BCUT2D eigenvalue weighted by Gasteiger charge is -2.11. The molecule has 4 nitrogen and oxygen atoms in total. The highest BCUT2D eigenvalue weighted by Gasteiger charge is 2.20. The molecular formula is C13H13NO3S. The Hall–Kier alpha value is -1.88. The van der Waals surface area contributed by atoms with E-state index in [1.54, 1.807) is 37.6 Å². The summed E-state index contributed by atoms with van der Waals surface area (Å²) in [5, 5.41) is 12.0. The number of aromatic nitrogens is 1. The fourth-order valence-electron chi connectivity index (χ4n) is 1.50. The monoisotopic (exact) mass is 263 g/mol. The molecule has 2 aromatic rings. The molecule has 1 N–H and O–H groups in total. The molecule has 0 bridgehead atoms. The van der Waals surface area contributed by atoms with Gasteiger partial charge in [0.2, 0.25) is 0 Å².